The summed E-state index contributed by atoms with van der Waals surface area (Å²) in [6.07, 6.45) is -4.75. The Bertz CT molecular complexity index is 1090. The van der Waals surface area contributed by atoms with Crippen LogP contribution in [0.3, 0.4) is 0 Å². The number of nitrogens with one attached hydrogen (secondary N) is 1. The largest absolute Gasteiger partial charge is 0.417 e. The molecule has 5 nitrogen and oxygen atoms in total. The van der Waals surface area contributed by atoms with Gasteiger partial charge in [0.1, 0.15) is 0 Å². The van der Waals surface area contributed by atoms with E-state index < -0.39 is 37.1 Å². The van der Waals surface area contributed by atoms with Gasteiger partial charge in [0.25, 0.3) is 5.56 Å². The molecule has 0 amide bonds. The zero-order chi connectivity index (χ0) is 18.9. The van der Waals surface area contributed by atoms with E-state index in [1.54, 1.807) is 18.2 Å². The summed E-state index contributed by atoms with van der Waals surface area (Å²) in [5.74, 6) is 0. The second kappa shape index (κ2) is 6.41. The van der Waals surface area contributed by atoms with Gasteiger partial charge in [0.2, 0.25) is 9.84 Å². The molecule has 0 aliphatic rings. The summed E-state index contributed by atoms with van der Waals surface area (Å²) in [5, 5.41) is 4.80. The van der Waals surface area contributed by atoms with Crippen LogP contribution in [0.15, 0.2) is 75.4 Å². The van der Waals surface area contributed by atoms with E-state index in [9.17, 15) is 26.4 Å². The molecule has 0 atom stereocenters. The van der Waals surface area contributed by atoms with Crippen molar-refractivity contribution >= 4 is 9.84 Å². The van der Waals surface area contributed by atoms with Gasteiger partial charge in [-0.25, -0.2) is 13.5 Å². The van der Waals surface area contributed by atoms with Crippen LogP contribution >= 0.6 is 0 Å². The fourth-order valence-electron chi connectivity index (χ4n) is 2.40. The third-order valence-corrected chi connectivity index (χ3v) is 5.27. The van der Waals surface area contributed by atoms with Gasteiger partial charge in [0, 0.05) is 6.07 Å². The van der Waals surface area contributed by atoms with Crippen LogP contribution in [0.2, 0.25) is 0 Å². The van der Waals surface area contributed by atoms with Gasteiger partial charge in [-0.3, -0.25) is 4.79 Å². The van der Waals surface area contributed by atoms with Crippen molar-refractivity contribution in [3.05, 3.63) is 76.6 Å². The maximum Gasteiger partial charge on any atom is 0.417 e. The van der Waals surface area contributed by atoms with Crippen LogP contribution in [-0.4, -0.2) is 18.6 Å². The highest BCUT2D eigenvalue weighted by molar-refractivity contribution is 7.91. The molecule has 134 valence electrons. The zero-order valence-corrected chi connectivity index (χ0v) is 13.8. The van der Waals surface area contributed by atoms with Gasteiger partial charge in [0.15, 0.2) is 5.03 Å². The Labute approximate surface area is 146 Å². The molecular formula is C17H11F3N2O3S. The maximum absolute atomic E-state index is 13.5. The van der Waals surface area contributed by atoms with Crippen molar-refractivity contribution in [3.8, 4) is 11.1 Å². The highest BCUT2D eigenvalue weighted by atomic mass is 32.2. The van der Waals surface area contributed by atoms with Gasteiger partial charge < -0.3 is 0 Å². The standard InChI is InChI=1S/C17H11F3N2O3S/c18-17(19,20)14-10-12(6-7-13(14)11-4-2-1-3-5-11)26(24,25)16-9-8-15(23)21-22-16/h1-10H,(H,21,23). The highest BCUT2D eigenvalue weighted by Crippen LogP contribution is 2.38. The third kappa shape index (κ3) is 3.38. The number of H-pyrrole nitrogens is 1. The molecular weight excluding hydrogens is 369 g/mol. The second-order valence-electron chi connectivity index (χ2n) is 5.33. The van der Waals surface area contributed by atoms with Crippen LogP contribution in [0.25, 0.3) is 11.1 Å². The summed E-state index contributed by atoms with van der Waals surface area (Å²) in [7, 11) is -4.32. The fourth-order valence-corrected chi connectivity index (χ4v) is 3.57. The zero-order valence-electron chi connectivity index (χ0n) is 13.0. The molecule has 0 fully saturated rings. The predicted molar refractivity (Wildman–Crippen MR) is 87.2 cm³/mol. The molecule has 3 aromatic rings. The Morgan fingerprint density at radius 3 is 2.19 bits per heavy atom. The summed E-state index contributed by atoms with van der Waals surface area (Å²) in [4.78, 5) is 10.4. The molecule has 1 N–H and O–H groups in total. The van der Waals surface area contributed by atoms with Gasteiger partial charge in [-0.15, -0.1) is 0 Å². The molecule has 0 saturated heterocycles. The van der Waals surface area contributed by atoms with Crippen LogP contribution in [0.5, 0.6) is 0 Å². The number of sulfone groups is 1. The minimum atomic E-state index is -4.75. The van der Waals surface area contributed by atoms with Crippen molar-refractivity contribution in [2.24, 2.45) is 0 Å². The second-order valence-corrected chi connectivity index (χ2v) is 7.23. The summed E-state index contributed by atoms with van der Waals surface area (Å²) in [6.45, 7) is 0. The van der Waals surface area contributed by atoms with Gasteiger partial charge in [-0.05, 0) is 29.3 Å². The Hall–Kier alpha value is -2.94. The molecule has 0 unspecified atom stereocenters. The molecule has 1 heterocycles. The lowest BCUT2D eigenvalue weighted by molar-refractivity contribution is -0.137. The average Bonchev–Trinajstić information content (AvgIpc) is 2.61. The number of alkyl halides is 3. The SMILES string of the molecule is O=c1ccc(S(=O)(=O)c2ccc(-c3ccccc3)c(C(F)(F)F)c2)n[nH]1. The molecule has 0 radical (unpaired) electrons. The van der Waals surface area contributed by atoms with E-state index in [0.29, 0.717) is 11.6 Å². The van der Waals surface area contributed by atoms with Crippen molar-refractivity contribution < 1.29 is 21.6 Å². The van der Waals surface area contributed by atoms with Crippen LogP contribution in [0.1, 0.15) is 5.56 Å². The predicted octanol–water partition coefficient (Wildman–Crippen LogP) is 3.29. The maximum atomic E-state index is 13.5. The van der Waals surface area contributed by atoms with Crippen LogP contribution in [0.4, 0.5) is 13.2 Å². The van der Waals surface area contributed by atoms with E-state index in [2.05, 4.69) is 5.10 Å². The lowest BCUT2D eigenvalue weighted by Gasteiger charge is -2.15. The summed E-state index contributed by atoms with van der Waals surface area (Å²) in [6, 6.07) is 12.5. The van der Waals surface area contributed by atoms with Crippen molar-refractivity contribution in [1.29, 1.82) is 0 Å². The number of aromatic amines is 1. The van der Waals surface area contributed by atoms with E-state index >= 15 is 0 Å². The molecule has 3 rings (SSSR count). The average molecular weight is 380 g/mol. The van der Waals surface area contributed by atoms with Crippen molar-refractivity contribution in [2.45, 2.75) is 16.1 Å². The fraction of sp³-hybridized carbons (Fsp3) is 0.0588. The van der Waals surface area contributed by atoms with Crippen LogP contribution in [-0.2, 0) is 16.0 Å². The lowest BCUT2D eigenvalue weighted by Crippen LogP contribution is -2.13. The van der Waals surface area contributed by atoms with E-state index in [1.165, 1.54) is 12.1 Å². The van der Waals surface area contributed by atoms with Gasteiger partial charge in [-0.1, -0.05) is 36.4 Å². The number of halogens is 3. The summed E-state index contributed by atoms with van der Waals surface area (Å²) < 4.78 is 65.5. The minimum absolute atomic E-state index is 0.133. The normalized spacial score (nSPS) is 12.1. The molecule has 0 aliphatic heterocycles. The van der Waals surface area contributed by atoms with Gasteiger partial charge >= 0.3 is 6.18 Å². The molecule has 0 saturated carbocycles. The lowest BCUT2D eigenvalue weighted by atomic mass is 9.99. The first-order chi connectivity index (χ1) is 12.2. The third-order valence-electron chi connectivity index (χ3n) is 3.62. The van der Waals surface area contributed by atoms with Crippen molar-refractivity contribution in [2.75, 3.05) is 0 Å². The van der Waals surface area contributed by atoms with E-state index in [0.717, 1.165) is 24.3 Å². The molecule has 2 aromatic carbocycles. The van der Waals surface area contributed by atoms with Crippen molar-refractivity contribution in [3.63, 3.8) is 0 Å². The number of hydrogen-bond acceptors (Lipinski definition) is 4. The Kier molecular flexibility index (Phi) is 4.41. The van der Waals surface area contributed by atoms with Crippen LogP contribution in [0, 0.1) is 0 Å². The monoisotopic (exact) mass is 380 g/mol. The summed E-state index contributed by atoms with van der Waals surface area (Å²) in [5.41, 5.74) is -1.52. The van der Waals surface area contributed by atoms with E-state index in [1.807, 2.05) is 5.10 Å². The molecule has 0 spiro atoms. The Morgan fingerprint density at radius 1 is 0.923 bits per heavy atom. The highest BCUT2D eigenvalue weighted by Gasteiger charge is 2.35. The molecule has 0 bridgehead atoms. The first-order valence-electron chi connectivity index (χ1n) is 7.27. The number of benzene rings is 2. The van der Waals surface area contributed by atoms with Gasteiger partial charge in [-0.2, -0.15) is 18.3 Å². The van der Waals surface area contributed by atoms with E-state index in [4.69, 9.17) is 0 Å². The van der Waals surface area contributed by atoms with E-state index in [-0.39, 0.29) is 5.56 Å². The first kappa shape index (κ1) is 17.9. The minimum Gasteiger partial charge on any atom is -0.268 e. The topological polar surface area (TPSA) is 79.9 Å². The van der Waals surface area contributed by atoms with Crippen LogP contribution < -0.4 is 5.56 Å². The smallest absolute Gasteiger partial charge is 0.268 e. The quantitative estimate of drug-likeness (QED) is 0.756. The number of rotatable bonds is 3. The molecule has 26 heavy (non-hydrogen) atoms. The van der Waals surface area contributed by atoms with Gasteiger partial charge in [0.05, 0.1) is 10.5 Å². The molecule has 0 aliphatic carbocycles. The summed E-state index contributed by atoms with van der Waals surface area (Å²) >= 11 is 0. The number of nitrogens with zero attached hydrogens (tertiary/aromatic N) is 1. The Morgan fingerprint density at radius 2 is 1.62 bits per heavy atom. The Balaban J connectivity index is 2.19. The molecule has 1 aromatic heterocycles. The van der Waals surface area contributed by atoms with Crippen molar-refractivity contribution in [1.82, 2.24) is 10.2 Å². The number of aromatic nitrogens is 2. The number of hydrogen-bond donors (Lipinski definition) is 1. The molecule has 9 heteroatoms. The first-order valence-corrected chi connectivity index (χ1v) is 8.75.